The number of ether oxygens (including phenoxy) is 1. The van der Waals surface area contributed by atoms with Gasteiger partial charge in [0.25, 0.3) is 0 Å². The van der Waals surface area contributed by atoms with E-state index in [0.29, 0.717) is 24.3 Å². The van der Waals surface area contributed by atoms with Gasteiger partial charge in [0.1, 0.15) is 0 Å². The molecule has 3 heteroatoms. The van der Waals surface area contributed by atoms with Crippen molar-refractivity contribution in [2.24, 2.45) is 0 Å². The van der Waals surface area contributed by atoms with E-state index in [4.69, 9.17) is 4.74 Å². The lowest BCUT2D eigenvalue weighted by Gasteiger charge is -2.21. The van der Waals surface area contributed by atoms with Gasteiger partial charge >= 0.3 is 0 Å². The summed E-state index contributed by atoms with van der Waals surface area (Å²) >= 11 is 0. The second-order valence-corrected chi connectivity index (χ2v) is 6.13. The third-order valence-corrected chi connectivity index (χ3v) is 4.51. The van der Waals surface area contributed by atoms with Gasteiger partial charge in [0.2, 0.25) is 5.91 Å². The number of carbonyl (C=O) groups is 1. The van der Waals surface area contributed by atoms with Crippen LogP contribution in [-0.2, 0) is 9.53 Å². The first-order valence-electron chi connectivity index (χ1n) is 7.97. The molecule has 3 nitrogen and oxygen atoms in total. The Morgan fingerprint density at radius 1 is 1.33 bits per heavy atom. The van der Waals surface area contributed by atoms with E-state index in [1.807, 2.05) is 0 Å². The number of hydrogen-bond donors (Lipinski definition) is 0. The van der Waals surface area contributed by atoms with E-state index in [1.165, 1.54) is 11.1 Å². The third-order valence-electron chi connectivity index (χ3n) is 4.51. The largest absolute Gasteiger partial charge is 0.385 e. The summed E-state index contributed by atoms with van der Waals surface area (Å²) in [5, 5.41) is 0. The van der Waals surface area contributed by atoms with Crippen LogP contribution in [0.1, 0.15) is 49.7 Å². The lowest BCUT2D eigenvalue weighted by atomic mass is 9.93. The summed E-state index contributed by atoms with van der Waals surface area (Å²) in [7, 11) is 1.71. The van der Waals surface area contributed by atoms with Gasteiger partial charge in [-0.3, -0.25) is 4.79 Å². The van der Waals surface area contributed by atoms with E-state index in [0.717, 1.165) is 32.4 Å². The predicted molar refractivity (Wildman–Crippen MR) is 85.4 cm³/mol. The molecule has 1 amide bonds. The van der Waals surface area contributed by atoms with Crippen LogP contribution in [0.2, 0.25) is 0 Å². The molecule has 1 aliphatic heterocycles. The average Bonchev–Trinajstić information content (AvgIpc) is 2.86. The summed E-state index contributed by atoms with van der Waals surface area (Å²) in [5.41, 5.74) is 2.74. The summed E-state index contributed by atoms with van der Waals surface area (Å²) in [4.78, 5) is 14.4. The summed E-state index contributed by atoms with van der Waals surface area (Å²) < 4.78 is 5.03. The van der Waals surface area contributed by atoms with E-state index in [9.17, 15) is 4.79 Å². The Labute approximate surface area is 128 Å². The zero-order valence-corrected chi connectivity index (χ0v) is 13.5. The number of nitrogens with zero attached hydrogens (tertiary/aromatic N) is 1. The van der Waals surface area contributed by atoms with E-state index in [1.54, 1.807) is 7.11 Å². The van der Waals surface area contributed by atoms with E-state index in [-0.39, 0.29) is 0 Å². The Kier molecular flexibility index (Phi) is 5.80. The van der Waals surface area contributed by atoms with Gasteiger partial charge < -0.3 is 9.64 Å². The number of benzene rings is 1. The molecule has 0 aliphatic carbocycles. The van der Waals surface area contributed by atoms with Crippen molar-refractivity contribution in [3.63, 3.8) is 0 Å². The SMILES string of the molecule is COCCCCC(=O)N1C[C@H](c2ccccc2C)C[C@H]1C. The van der Waals surface area contributed by atoms with Gasteiger partial charge in [-0.25, -0.2) is 0 Å². The molecule has 1 aliphatic rings. The number of amides is 1. The first-order chi connectivity index (χ1) is 10.1. The van der Waals surface area contributed by atoms with Crippen molar-refractivity contribution < 1.29 is 9.53 Å². The summed E-state index contributed by atoms with van der Waals surface area (Å²) in [6.45, 7) is 5.95. The van der Waals surface area contributed by atoms with Crippen molar-refractivity contribution in [2.45, 2.75) is 51.5 Å². The highest BCUT2D eigenvalue weighted by Crippen LogP contribution is 2.33. The van der Waals surface area contributed by atoms with Gasteiger partial charge in [0, 0.05) is 38.6 Å². The lowest BCUT2D eigenvalue weighted by molar-refractivity contribution is -0.131. The van der Waals surface area contributed by atoms with E-state index < -0.39 is 0 Å². The summed E-state index contributed by atoms with van der Waals surface area (Å²) in [6.07, 6.45) is 3.61. The zero-order chi connectivity index (χ0) is 15.2. The molecule has 116 valence electrons. The number of hydrogen-bond acceptors (Lipinski definition) is 2. The van der Waals surface area contributed by atoms with Gasteiger partial charge in [-0.2, -0.15) is 0 Å². The Bertz CT molecular complexity index is 472. The highest BCUT2D eigenvalue weighted by Gasteiger charge is 2.33. The molecule has 0 spiro atoms. The zero-order valence-electron chi connectivity index (χ0n) is 13.5. The fraction of sp³-hybridized carbons (Fsp3) is 0.611. The van der Waals surface area contributed by atoms with Crippen LogP contribution in [0.5, 0.6) is 0 Å². The van der Waals surface area contributed by atoms with Crippen molar-refractivity contribution in [3.8, 4) is 0 Å². The first-order valence-corrected chi connectivity index (χ1v) is 7.97. The molecule has 0 radical (unpaired) electrons. The number of aryl methyl sites for hydroxylation is 1. The highest BCUT2D eigenvalue weighted by molar-refractivity contribution is 5.77. The van der Waals surface area contributed by atoms with Crippen LogP contribution in [0.3, 0.4) is 0 Å². The molecule has 1 fully saturated rings. The Balaban J connectivity index is 1.92. The molecule has 0 N–H and O–H groups in total. The third kappa shape index (κ3) is 4.07. The highest BCUT2D eigenvalue weighted by atomic mass is 16.5. The second kappa shape index (κ2) is 7.60. The van der Waals surface area contributed by atoms with Gasteiger partial charge in [-0.05, 0) is 44.2 Å². The molecular formula is C18H27NO2. The van der Waals surface area contributed by atoms with Crippen LogP contribution in [0.25, 0.3) is 0 Å². The Morgan fingerprint density at radius 2 is 2.10 bits per heavy atom. The van der Waals surface area contributed by atoms with E-state index in [2.05, 4.69) is 43.0 Å². The maximum Gasteiger partial charge on any atom is 0.222 e. The van der Waals surface area contributed by atoms with Crippen molar-refractivity contribution in [1.82, 2.24) is 4.90 Å². The topological polar surface area (TPSA) is 29.5 Å². The van der Waals surface area contributed by atoms with Crippen molar-refractivity contribution in [2.75, 3.05) is 20.3 Å². The molecule has 2 atom stereocenters. The van der Waals surface area contributed by atoms with Gasteiger partial charge in [0.15, 0.2) is 0 Å². The standard InChI is InChI=1S/C18H27NO2/c1-14-8-4-5-9-17(14)16-12-15(2)19(13-16)18(20)10-6-7-11-21-3/h4-5,8-9,15-16H,6-7,10-13H2,1-3H3/t15-,16-/m1/s1. The average molecular weight is 289 g/mol. The molecule has 1 aromatic rings. The van der Waals surface area contributed by atoms with Crippen molar-refractivity contribution in [3.05, 3.63) is 35.4 Å². The predicted octanol–water partition coefficient (Wildman–Crippen LogP) is 3.52. The van der Waals surface area contributed by atoms with Crippen LogP contribution >= 0.6 is 0 Å². The molecule has 1 heterocycles. The Hall–Kier alpha value is -1.35. The van der Waals surface area contributed by atoms with Crippen LogP contribution in [-0.4, -0.2) is 37.1 Å². The molecule has 0 unspecified atom stereocenters. The second-order valence-electron chi connectivity index (χ2n) is 6.13. The number of carbonyl (C=O) groups excluding carboxylic acids is 1. The first kappa shape index (κ1) is 16.0. The lowest BCUT2D eigenvalue weighted by Crippen LogP contribution is -2.33. The maximum absolute atomic E-state index is 12.4. The molecule has 2 rings (SSSR count). The quantitative estimate of drug-likeness (QED) is 0.750. The molecule has 0 aromatic heterocycles. The van der Waals surface area contributed by atoms with Crippen LogP contribution in [0.4, 0.5) is 0 Å². The van der Waals surface area contributed by atoms with Crippen LogP contribution in [0, 0.1) is 6.92 Å². The number of likely N-dealkylation sites (tertiary alicyclic amines) is 1. The molecule has 0 saturated carbocycles. The van der Waals surface area contributed by atoms with E-state index >= 15 is 0 Å². The van der Waals surface area contributed by atoms with Crippen molar-refractivity contribution in [1.29, 1.82) is 0 Å². The monoisotopic (exact) mass is 289 g/mol. The van der Waals surface area contributed by atoms with Crippen LogP contribution < -0.4 is 0 Å². The minimum atomic E-state index is 0.301. The normalized spacial score (nSPS) is 21.8. The fourth-order valence-corrected chi connectivity index (χ4v) is 3.31. The van der Waals surface area contributed by atoms with Crippen LogP contribution in [0.15, 0.2) is 24.3 Å². The molecular weight excluding hydrogens is 262 g/mol. The maximum atomic E-state index is 12.4. The summed E-state index contributed by atoms with van der Waals surface area (Å²) in [6, 6.07) is 8.90. The van der Waals surface area contributed by atoms with Crippen molar-refractivity contribution >= 4 is 5.91 Å². The number of unbranched alkanes of at least 4 members (excludes halogenated alkanes) is 1. The molecule has 0 bridgehead atoms. The smallest absolute Gasteiger partial charge is 0.222 e. The number of rotatable bonds is 6. The number of methoxy groups -OCH3 is 1. The minimum absolute atomic E-state index is 0.301. The van der Waals surface area contributed by atoms with Gasteiger partial charge in [0.05, 0.1) is 0 Å². The molecule has 1 saturated heterocycles. The molecule has 1 aromatic carbocycles. The molecule has 21 heavy (non-hydrogen) atoms. The fourth-order valence-electron chi connectivity index (χ4n) is 3.31. The minimum Gasteiger partial charge on any atom is -0.385 e. The summed E-state index contributed by atoms with van der Waals surface area (Å²) in [5.74, 6) is 0.791. The Morgan fingerprint density at radius 3 is 2.81 bits per heavy atom. The van der Waals surface area contributed by atoms with Gasteiger partial charge in [-0.15, -0.1) is 0 Å². The van der Waals surface area contributed by atoms with Gasteiger partial charge in [-0.1, -0.05) is 24.3 Å².